The Morgan fingerprint density at radius 3 is 2.67 bits per heavy atom. The van der Waals surface area contributed by atoms with Crippen molar-refractivity contribution in [2.24, 2.45) is 5.92 Å². The van der Waals surface area contributed by atoms with Crippen LogP contribution in [0.3, 0.4) is 0 Å². The molecule has 0 radical (unpaired) electrons. The van der Waals surface area contributed by atoms with Crippen molar-refractivity contribution < 1.29 is 0 Å². The molecule has 0 bridgehead atoms. The highest BCUT2D eigenvalue weighted by atomic mass is 32.2. The van der Waals surface area contributed by atoms with E-state index in [0.717, 1.165) is 18.1 Å². The molecule has 1 aliphatic rings. The molecule has 1 N–H and O–H groups in total. The van der Waals surface area contributed by atoms with E-state index in [0.29, 0.717) is 0 Å². The van der Waals surface area contributed by atoms with Gasteiger partial charge in [0.05, 0.1) is 6.07 Å². The van der Waals surface area contributed by atoms with Crippen LogP contribution in [0.15, 0.2) is 0 Å². The van der Waals surface area contributed by atoms with Crippen molar-refractivity contribution in [3.63, 3.8) is 0 Å². The Morgan fingerprint density at radius 2 is 2.13 bits per heavy atom. The quantitative estimate of drug-likeness (QED) is 0.707. The van der Waals surface area contributed by atoms with E-state index in [1.54, 1.807) is 0 Å². The Kier molecular flexibility index (Phi) is 5.49. The lowest BCUT2D eigenvalue weighted by Crippen LogP contribution is -2.38. The molecule has 0 aromatic rings. The average Bonchev–Trinajstić information content (AvgIpc) is 2.77. The van der Waals surface area contributed by atoms with Crippen LogP contribution in [-0.2, 0) is 0 Å². The van der Waals surface area contributed by atoms with Crippen molar-refractivity contribution in [2.45, 2.75) is 44.6 Å². The maximum absolute atomic E-state index is 8.97. The lowest BCUT2D eigenvalue weighted by molar-refractivity contribution is 0.479. The fraction of sp³-hybridized carbons (Fsp3) is 0.917. The molecular formula is C12H22N2S. The fourth-order valence-electron chi connectivity index (χ4n) is 1.94. The third-order valence-electron chi connectivity index (χ3n) is 3.37. The third-order valence-corrected chi connectivity index (χ3v) is 4.57. The van der Waals surface area contributed by atoms with Crippen LogP contribution in [0.25, 0.3) is 0 Å². The van der Waals surface area contributed by atoms with Gasteiger partial charge in [-0.2, -0.15) is 17.0 Å². The summed E-state index contributed by atoms with van der Waals surface area (Å²) in [5.74, 6) is 3.35. The van der Waals surface area contributed by atoms with E-state index in [1.807, 2.05) is 25.7 Å². The van der Waals surface area contributed by atoms with Crippen LogP contribution in [0, 0.1) is 17.2 Å². The van der Waals surface area contributed by atoms with Crippen molar-refractivity contribution in [1.82, 2.24) is 5.32 Å². The van der Waals surface area contributed by atoms with Gasteiger partial charge in [-0.1, -0.05) is 12.8 Å². The molecule has 3 heteroatoms. The zero-order valence-electron chi connectivity index (χ0n) is 9.88. The zero-order valence-corrected chi connectivity index (χ0v) is 10.7. The zero-order chi connectivity index (χ0) is 11.1. The van der Waals surface area contributed by atoms with Gasteiger partial charge in [0.1, 0.15) is 5.54 Å². The lowest BCUT2D eigenvalue weighted by Gasteiger charge is -2.20. The first kappa shape index (κ1) is 12.9. The normalized spacial score (nSPS) is 21.1. The molecule has 0 aliphatic heterocycles. The van der Waals surface area contributed by atoms with Crippen LogP contribution in [0.2, 0.25) is 0 Å². The van der Waals surface area contributed by atoms with Crippen LogP contribution in [0.1, 0.15) is 39.0 Å². The van der Waals surface area contributed by atoms with Crippen molar-refractivity contribution in [2.75, 3.05) is 18.6 Å². The van der Waals surface area contributed by atoms with Crippen LogP contribution in [0.5, 0.6) is 0 Å². The highest BCUT2D eigenvalue weighted by molar-refractivity contribution is 7.99. The van der Waals surface area contributed by atoms with E-state index in [-0.39, 0.29) is 5.54 Å². The Bertz CT molecular complexity index is 218. The molecule has 1 atom stereocenters. The van der Waals surface area contributed by atoms with Gasteiger partial charge in [-0.05, 0) is 50.7 Å². The molecule has 0 heterocycles. The van der Waals surface area contributed by atoms with E-state index >= 15 is 0 Å². The highest BCUT2D eigenvalue weighted by Crippen LogP contribution is 2.28. The topological polar surface area (TPSA) is 35.8 Å². The Hall–Kier alpha value is -0.200. The first-order chi connectivity index (χ1) is 7.20. The number of nitriles is 1. The van der Waals surface area contributed by atoms with Gasteiger partial charge in [0.15, 0.2) is 0 Å². The first-order valence-corrected chi connectivity index (χ1v) is 7.03. The first-order valence-electron chi connectivity index (χ1n) is 5.88. The van der Waals surface area contributed by atoms with Crippen molar-refractivity contribution in [3.05, 3.63) is 0 Å². The molecule has 1 unspecified atom stereocenters. The molecule has 0 amide bonds. The van der Waals surface area contributed by atoms with Crippen molar-refractivity contribution in [3.8, 4) is 6.07 Å². The minimum atomic E-state index is -0.331. The van der Waals surface area contributed by atoms with Gasteiger partial charge in [0, 0.05) is 0 Å². The van der Waals surface area contributed by atoms with Gasteiger partial charge in [-0.15, -0.1) is 0 Å². The predicted octanol–water partition coefficient (Wildman–Crippen LogP) is 2.80. The second-order valence-electron chi connectivity index (χ2n) is 4.67. The standard InChI is InChI=1S/C12H22N2S/c1-12(10-13,14-2)7-8-15-9-11-5-3-4-6-11/h11,14H,3-9H2,1-2H3. The SMILES string of the molecule is CNC(C)(C#N)CCSCC1CCCC1. The second-order valence-corrected chi connectivity index (χ2v) is 5.82. The van der Waals surface area contributed by atoms with Crippen LogP contribution in [0.4, 0.5) is 0 Å². The third kappa shape index (κ3) is 4.44. The average molecular weight is 226 g/mol. The van der Waals surface area contributed by atoms with E-state index in [2.05, 4.69) is 11.4 Å². The molecule has 0 aromatic heterocycles. The van der Waals surface area contributed by atoms with Crippen LogP contribution >= 0.6 is 11.8 Å². The van der Waals surface area contributed by atoms with Crippen LogP contribution in [-0.4, -0.2) is 24.1 Å². The predicted molar refractivity (Wildman–Crippen MR) is 67.0 cm³/mol. The summed E-state index contributed by atoms with van der Waals surface area (Å²) >= 11 is 2.02. The van der Waals surface area contributed by atoms with Gasteiger partial charge in [-0.25, -0.2) is 0 Å². The molecule has 0 spiro atoms. The molecular weight excluding hydrogens is 204 g/mol. The molecule has 1 saturated carbocycles. The largest absolute Gasteiger partial charge is 0.303 e. The number of thioether (sulfide) groups is 1. The summed E-state index contributed by atoms with van der Waals surface area (Å²) in [6.07, 6.45) is 6.65. The molecule has 0 aromatic carbocycles. The molecule has 1 aliphatic carbocycles. The monoisotopic (exact) mass is 226 g/mol. The smallest absolute Gasteiger partial charge is 0.104 e. The molecule has 2 nitrogen and oxygen atoms in total. The molecule has 0 saturated heterocycles. The maximum atomic E-state index is 8.97. The number of rotatable bonds is 6. The lowest BCUT2D eigenvalue weighted by atomic mass is 10.0. The van der Waals surface area contributed by atoms with Crippen molar-refractivity contribution in [1.29, 1.82) is 5.26 Å². The number of hydrogen-bond donors (Lipinski definition) is 1. The Morgan fingerprint density at radius 1 is 1.47 bits per heavy atom. The summed E-state index contributed by atoms with van der Waals surface area (Å²) in [5.41, 5.74) is -0.331. The van der Waals surface area contributed by atoms with Gasteiger partial charge < -0.3 is 5.32 Å². The molecule has 1 rings (SSSR count). The van der Waals surface area contributed by atoms with Crippen molar-refractivity contribution >= 4 is 11.8 Å². The number of hydrogen-bond acceptors (Lipinski definition) is 3. The Labute approximate surface area is 97.8 Å². The van der Waals surface area contributed by atoms with Gasteiger partial charge in [-0.3, -0.25) is 0 Å². The summed E-state index contributed by atoms with van der Waals surface area (Å²) in [6.45, 7) is 1.98. The Balaban J connectivity index is 2.08. The van der Waals surface area contributed by atoms with Crippen LogP contribution < -0.4 is 5.32 Å². The van der Waals surface area contributed by atoms with Gasteiger partial charge >= 0.3 is 0 Å². The summed E-state index contributed by atoms with van der Waals surface area (Å²) in [4.78, 5) is 0. The molecule has 86 valence electrons. The summed E-state index contributed by atoms with van der Waals surface area (Å²) in [7, 11) is 1.87. The second kappa shape index (κ2) is 6.40. The van der Waals surface area contributed by atoms with Gasteiger partial charge in [0.2, 0.25) is 0 Å². The van der Waals surface area contributed by atoms with Gasteiger partial charge in [0.25, 0.3) is 0 Å². The summed E-state index contributed by atoms with van der Waals surface area (Å²) in [5, 5.41) is 12.1. The summed E-state index contributed by atoms with van der Waals surface area (Å²) in [6, 6.07) is 2.33. The van der Waals surface area contributed by atoms with E-state index in [1.165, 1.54) is 31.4 Å². The van der Waals surface area contributed by atoms with E-state index in [9.17, 15) is 0 Å². The summed E-state index contributed by atoms with van der Waals surface area (Å²) < 4.78 is 0. The number of nitrogens with zero attached hydrogens (tertiary/aromatic N) is 1. The minimum Gasteiger partial charge on any atom is -0.303 e. The van der Waals surface area contributed by atoms with E-state index < -0.39 is 0 Å². The molecule has 1 fully saturated rings. The molecule has 15 heavy (non-hydrogen) atoms. The fourth-order valence-corrected chi connectivity index (χ4v) is 3.33. The minimum absolute atomic E-state index is 0.331. The van der Waals surface area contributed by atoms with E-state index in [4.69, 9.17) is 5.26 Å². The number of nitrogens with one attached hydrogen (secondary N) is 1. The highest BCUT2D eigenvalue weighted by Gasteiger charge is 2.21. The maximum Gasteiger partial charge on any atom is 0.104 e.